The molecular formula is C10H14N4O4. The lowest BCUT2D eigenvalue weighted by Gasteiger charge is -2.10. The van der Waals surface area contributed by atoms with Crippen LogP contribution in [0.2, 0.25) is 0 Å². The fraction of sp³-hybridized carbons (Fsp3) is 0.200. The Morgan fingerprint density at radius 1 is 1.56 bits per heavy atom. The molecule has 1 rings (SSSR count). The van der Waals surface area contributed by atoms with Gasteiger partial charge < -0.3 is 9.94 Å². The fourth-order valence-electron chi connectivity index (χ4n) is 0.877. The number of rotatable bonds is 2. The van der Waals surface area contributed by atoms with Crippen LogP contribution >= 0.6 is 0 Å². The highest BCUT2D eigenvalue weighted by Gasteiger charge is 1.98. The molecule has 0 spiro atoms. The summed E-state index contributed by atoms with van der Waals surface area (Å²) in [6.07, 6.45) is 1.67. The van der Waals surface area contributed by atoms with Crippen molar-refractivity contribution in [2.24, 2.45) is 5.10 Å². The minimum absolute atomic E-state index is 0.0113. The molecular weight excluding hydrogens is 240 g/mol. The third kappa shape index (κ3) is 7.63. The van der Waals surface area contributed by atoms with E-state index in [1.807, 2.05) is 30.3 Å². The van der Waals surface area contributed by atoms with Gasteiger partial charge in [0.25, 0.3) is 5.09 Å². The lowest BCUT2D eigenvalue weighted by molar-refractivity contribution is -0.742. The standard InChI is InChI=1S/C10H13N3O.HNO3/c1-13(10(11)14-2)12-8-9-6-4-3-5-7-9;2-1(3)4/h3-8,11H,1-2H3;(H,2,3,4)/b11-10?,12-8+;. The second-order valence-corrected chi connectivity index (χ2v) is 2.93. The molecule has 0 saturated heterocycles. The second-order valence-electron chi connectivity index (χ2n) is 2.93. The predicted molar refractivity (Wildman–Crippen MR) is 65.3 cm³/mol. The molecule has 0 heterocycles. The van der Waals surface area contributed by atoms with Crippen LogP contribution in [0.15, 0.2) is 35.4 Å². The zero-order valence-corrected chi connectivity index (χ0v) is 9.98. The van der Waals surface area contributed by atoms with Crippen molar-refractivity contribution in [2.45, 2.75) is 0 Å². The second kappa shape index (κ2) is 8.50. The van der Waals surface area contributed by atoms with E-state index >= 15 is 0 Å². The molecule has 2 N–H and O–H groups in total. The summed E-state index contributed by atoms with van der Waals surface area (Å²) >= 11 is 0. The first-order valence-corrected chi connectivity index (χ1v) is 4.76. The van der Waals surface area contributed by atoms with E-state index in [1.165, 1.54) is 12.1 Å². The van der Waals surface area contributed by atoms with E-state index in [9.17, 15) is 0 Å². The van der Waals surface area contributed by atoms with E-state index in [0.717, 1.165) is 5.56 Å². The van der Waals surface area contributed by atoms with Crippen molar-refractivity contribution in [3.8, 4) is 0 Å². The van der Waals surface area contributed by atoms with Crippen molar-refractivity contribution >= 4 is 12.2 Å². The van der Waals surface area contributed by atoms with E-state index < -0.39 is 5.09 Å². The third-order valence-corrected chi connectivity index (χ3v) is 1.67. The maximum absolute atomic E-state index is 8.36. The Hall–Kier alpha value is -2.64. The molecule has 0 atom stereocenters. The van der Waals surface area contributed by atoms with E-state index in [1.54, 1.807) is 13.3 Å². The van der Waals surface area contributed by atoms with Crippen molar-refractivity contribution < 1.29 is 15.0 Å². The number of ether oxygens (including phenoxy) is 1. The van der Waals surface area contributed by atoms with Gasteiger partial charge in [0, 0.05) is 7.05 Å². The molecule has 98 valence electrons. The maximum Gasteiger partial charge on any atom is 0.304 e. The summed E-state index contributed by atoms with van der Waals surface area (Å²) in [5.74, 6) is 0. The van der Waals surface area contributed by atoms with Crippen LogP contribution in [0.5, 0.6) is 0 Å². The highest BCUT2D eigenvalue weighted by molar-refractivity contribution is 5.80. The first-order chi connectivity index (χ1) is 8.47. The molecule has 0 amide bonds. The molecule has 0 saturated carbocycles. The summed E-state index contributed by atoms with van der Waals surface area (Å²) < 4.78 is 4.70. The Kier molecular flexibility index (Phi) is 7.26. The van der Waals surface area contributed by atoms with Gasteiger partial charge >= 0.3 is 6.02 Å². The molecule has 0 bridgehead atoms. The molecule has 0 radical (unpaired) electrons. The van der Waals surface area contributed by atoms with Gasteiger partial charge in [-0.15, -0.1) is 10.1 Å². The quantitative estimate of drug-likeness (QED) is 0.356. The SMILES string of the molecule is COC(=N)N(C)/N=C/c1ccccc1.O=[N+]([O-])O. The number of benzene rings is 1. The molecule has 0 aliphatic rings. The molecule has 0 aliphatic heterocycles. The van der Waals surface area contributed by atoms with Crippen LogP contribution in [0.4, 0.5) is 0 Å². The maximum atomic E-state index is 8.36. The number of hydrogen-bond acceptors (Lipinski definition) is 5. The molecule has 18 heavy (non-hydrogen) atoms. The van der Waals surface area contributed by atoms with Gasteiger partial charge in [0.2, 0.25) is 0 Å². The van der Waals surface area contributed by atoms with Crippen LogP contribution in [0.3, 0.4) is 0 Å². The summed E-state index contributed by atoms with van der Waals surface area (Å²) in [7, 11) is 3.10. The highest BCUT2D eigenvalue weighted by atomic mass is 16.9. The molecule has 0 unspecified atom stereocenters. The van der Waals surface area contributed by atoms with Crippen molar-refractivity contribution in [3.63, 3.8) is 0 Å². The number of amidine groups is 1. The zero-order chi connectivity index (χ0) is 14.0. The molecule has 0 aromatic heterocycles. The topological polar surface area (TPSA) is 112 Å². The van der Waals surface area contributed by atoms with E-state index in [-0.39, 0.29) is 6.02 Å². The lowest BCUT2D eigenvalue weighted by Crippen LogP contribution is -2.21. The minimum Gasteiger partial charge on any atom is -0.467 e. The first-order valence-electron chi connectivity index (χ1n) is 4.76. The minimum atomic E-state index is -1.50. The van der Waals surface area contributed by atoms with Crippen molar-refractivity contribution in [1.82, 2.24) is 5.01 Å². The Morgan fingerprint density at radius 3 is 2.50 bits per heavy atom. The summed E-state index contributed by atoms with van der Waals surface area (Å²) in [5, 5.41) is 26.3. The Balaban J connectivity index is 0.000000631. The Labute approximate surface area is 104 Å². The van der Waals surface area contributed by atoms with Crippen LogP contribution in [-0.4, -0.2) is 41.7 Å². The number of nitrogens with zero attached hydrogens (tertiary/aromatic N) is 3. The normalized spacial score (nSPS) is 9.22. The largest absolute Gasteiger partial charge is 0.467 e. The molecule has 8 heteroatoms. The van der Waals surface area contributed by atoms with Crippen LogP contribution in [-0.2, 0) is 4.74 Å². The highest BCUT2D eigenvalue weighted by Crippen LogP contribution is 1.95. The Bertz CT molecular complexity index is 404. The van der Waals surface area contributed by atoms with Crippen LogP contribution in [0, 0.1) is 15.5 Å². The van der Waals surface area contributed by atoms with Gasteiger partial charge in [-0.3, -0.25) is 0 Å². The number of nitrogens with one attached hydrogen (secondary N) is 1. The molecule has 8 nitrogen and oxygen atoms in total. The smallest absolute Gasteiger partial charge is 0.304 e. The molecule has 1 aromatic rings. The van der Waals surface area contributed by atoms with Crippen LogP contribution in [0.1, 0.15) is 5.56 Å². The first kappa shape index (κ1) is 15.4. The van der Waals surface area contributed by atoms with E-state index in [0.29, 0.717) is 0 Å². The third-order valence-electron chi connectivity index (χ3n) is 1.67. The lowest BCUT2D eigenvalue weighted by atomic mass is 10.2. The van der Waals surface area contributed by atoms with E-state index in [4.69, 9.17) is 25.5 Å². The summed E-state index contributed by atoms with van der Waals surface area (Å²) in [6, 6.07) is 9.70. The monoisotopic (exact) mass is 254 g/mol. The number of methoxy groups -OCH3 is 1. The Morgan fingerprint density at radius 2 is 2.06 bits per heavy atom. The van der Waals surface area contributed by atoms with Gasteiger partial charge in [0.05, 0.1) is 13.3 Å². The molecule has 1 aromatic carbocycles. The molecule has 0 aliphatic carbocycles. The van der Waals surface area contributed by atoms with Crippen LogP contribution < -0.4 is 0 Å². The van der Waals surface area contributed by atoms with Crippen LogP contribution in [0.25, 0.3) is 0 Å². The summed E-state index contributed by atoms with van der Waals surface area (Å²) in [4.78, 5) is 8.36. The van der Waals surface area contributed by atoms with Gasteiger partial charge in [0.15, 0.2) is 0 Å². The average molecular weight is 254 g/mol. The summed E-state index contributed by atoms with van der Waals surface area (Å²) in [5.41, 5.74) is 0.989. The summed E-state index contributed by atoms with van der Waals surface area (Å²) in [6.45, 7) is 0. The number of hydrogen-bond donors (Lipinski definition) is 2. The van der Waals surface area contributed by atoms with Gasteiger partial charge in [-0.05, 0) is 5.56 Å². The average Bonchev–Trinajstić information content (AvgIpc) is 2.35. The van der Waals surface area contributed by atoms with Gasteiger partial charge in [-0.25, -0.2) is 10.4 Å². The number of hydrazone groups is 1. The van der Waals surface area contributed by atoms with Crippen molar-refractivity contribution in [1.29, 1.82) is 5.41 Å². The van der Waals surface area contributed by atoms with Crippen molar-refractivity contribution in [3.05, 3.63) is 46.0 Å². The van der Waals surface area contributed by atoms with Gasteiger partial charge in [-0.2, -0.15) is 5.10 Å². The zero-order valence-electron chi connectivity index (χ0n) is 9.98. The van der Waals surface area contributed by atoms with E-state index in [2.05, 4.69) is 5.10 Å². The van der Waals surface area contributed by atoms with Gasteiger partial charge in [0.1, 0.15) is 0 Å². The van der Waals surface area contributed by atoms with Gasteiger partial charge in [-0.1, -0.05) is 30.3 Å². The molecule has 0 fully saturated rings. The fourth-order valence-corrected chi connectivity index (χ4v) is 0.877. The van der Waals surface area contributed by atoms with Crippen molar-refractivity contribution in [2.75, 3.05) is 14.2 Å². The predicted octanol–water partition coefficient (Wildman–Crippen LogP) is 1.19.